The first-order valence-electron chi connectivity index (χ1n) is 5.82. The Labute approximate surface area is 106 Å². The summed E-state index contributed by atoms with van der Waals surface area (Å²) < 4.78 is 18.7. The standard InChI is InChI=1S/C15H16FNO/c1-11-3-8-15(14(16)9-11)17-10-12-4-6-13(18-2)7-5-12/h3-9,17H,10H2,1-2H3. The first-order chi connectivity index (χ1) is 8.69. The van der Waals surface area contributed by atoms with Gasteiger partial charge in [-0.15, -0.1) is 0 Å². The highest BCUT2D eigenvalue weighted by Crippen LogP contribution is 2.17. The summed E-state index contributed by atoms with van der Waals surface area (Å²) in [7, 11) is 1.63. The number of benzene rings is 2. The van der Waals surface area contributed by atoms with Crippen molar-refractivity contribution >= 4 is 5.69 Å². The molecule has 2 aromatic carbocycles. The number of aryl methyl sites for hydroxylation is 1. The van der Waals surface area contributed by atoms with Crippen molar-refractivity contribution in [3.05, 3.63) is 59.4 Å². The molecule has 0 atom stereocenters. The van der Waals surface area contributed by atoms with Gasteiger partial charge in [-0.25, -0.2) is 4.39 Å². The lowest BCUT2D eigenvalue weighted by atomic mass is 10.2. The number of anilines is 1. The maximum atomic E-state index is 13.6. The largest absolute Gasteiger partial charge is 0.497 e. The van der Waals surface area contributed by atoms with Crippen LogP contribution in [0.3, 0.4) is 0 Å². The van der Waals surface area contributed by atoms with Crippen LogP contribution in [-0.4, -0.2) is 7.11 Å². The third-order valence-corrected chi connectivity index (χ3v) is 2.77. The van der Waals surface area contributed by atoms with Crippen LogP contribution in [0.2, 0.25) is 0 Å². The van der Waals surface area contributed by atoms with Gasteiger partial charge in [-0.1, -0.05) is 18.2 Å². The zero-order chi connectivity index (χ0) is 13.0. The van der Waals surface area contributed by atoms with Gasteiger partial charge in [0.25, 0.3) is 0 Å². The Bertz CT molecular complexity index is 523. The topological polar surface area (TPSA) is 21.3 Å². The van der Waals surface area contributed by atoms with Crippen molar-refractivity contribution < 1.29 is 9.13 Å². The van der Waals surface area contributed by atoms with Gasteiger partial charge in [0.05, 0.1) is 12.8 Å². The average molecular weight is 245 g/mol. The van der Waals surface area contributed by atoms with Crippen LogP contribution in [0.1, 0.15) is 11.1 Å². The molecule has 0 aliphatic rings. The molecule has 0 aromatic heterocycles. The zero-order valence-corrected chi connectivity index (χ0v) is 10.5. The summed E-state index contributed by atoms with van der Waals surface area (Å²) in [5.41, 5.74) is 2.52. The summed E-state index contributed by atoms with van der Waals surface area (Å²) in [6, 6.07) is 12.9. The van der Waals surface area contributed by atoms with E-state index in [1.165, 1.54) is 6.07 Å². The molecule has 0 bridgehead atoms. The van der Waals surface area contributed by atoms with Gasteiger partial charge in [0.1, 0.15) is 11.6 Å². The summed E-state index contributed by atoms with van der Waals surface area (Å²) in [6.07, 6.45) is 0. The third kappa shape index (κ3) is 3.00. The molecule has 0 spiro atoms. The van der Waals surface area contributed by atoms with Gasteiger partial charge in [0.15, 0.2) is 0 Å². The van der Waals surface area contributed by atoms with Crippen molar-refractivity contribution in [1.82, 2.24) is 0 Å². The van der Waals surface area contributed by atoms with E-state index in [4.69, 9.17) is 4.74 Å². The highest BCUT2D eigenvalue weighted by molar-refractivity contribution is 5.46. The highest BCUT2D eigenvalue weighted by Gasteiger charge is 2.01. The molecule has 0 radical (unpaired) electrons. The van der Waals surface area contributed by atoms with Gasteiger partial charge in [-0.2, -0.15) is 0 Å². The van der Waals surface area contributed by atoms with Gasteiger partial charge in [0, 0.05) is 6.54 Å². The molecule has 0 aliphatic heterocycles. The number of methoxy groups -OCH3 is 1. The minimum Gasteiger partial charge on any atom is -0.497 e. The SMILES string of the molecule is COc1ccc(CNc2ccc(C)cc2F)cc1. The maximum Gasteiger partial charge on any atom is 0.146 e. The number of halogens is 1. The number of hydrogen-bond acceptors (Lipinski definition) is 2. The van der Waals surface area contributed by atoms with E-state index >= 15 is 0 Å². The van der Waals surface area contributed by atoms with Crippen molar-refractivity contribution in [2.45, 2.75) is 13.5 Å². The molecule has 0 amide bonds. The lowest BCUT2D eigenvalue weighted by Crippen LogP contribution is -2.01. The quantitative estimate of drug-likeness (QED) is 0.885. The average Bonchev–Trinajstić information content (AvgIpc) is 2.38. The number of ether oxygens (including phenoxy) is 1. The molecule has 3 heteroatoms. The minimum atomic E-state index is -0.219. The molecule has 94 valence electrons. The second-order valence-corrected chi connectivity index (χ2v) is 4.18. The van der Waals surface area contributed by atoms with Crippen LogP contribution in [0.15, 0.2) is 42.5 Å². The molecule has 1 N–H and O–H groups in total. The Morgan fingerprint density at radius 2 is 1.83 bits per heavy atom. The van der Waals surface area contributed by atoms with Crippen molar-refractivity contribution in [3.63, 3.8) is 0 Å². The molecule has 0 saturated heterocycles. The van der Waals surface area contributed by atoms with E-state index in [-0.39, 0.29) is 5.82 Å². The van der Waals surface area contributed by atoms with E-state index in [1.807, 2.05) is 37.3 Å². The van der Waals surface area contributed by atoms with Crippen LogP contribution in [-0.2, 0) is 6.54 Å². The number of hydrogen-bond donors (Lipinski definition) is 1. The Balaban J connectivity index is 2.02. The highest BCUT2D eigenvalue weighted by atomic mass is 19.1. The zero-order valence-electron chi connectivity index (χ0n) is 10.5. The summed E-state index contributed by atoms with van der Waals surface area (Å²) in [5.74, 6) is 0.601. The molecule has 0 fully saturated rings. The Hall–Kier alpha value is -2.03. The predicted octanol–water partition coefficient (Wildman–Crippen LogP) is 3.75. The van der Waals surface area contributed by atoms with E-state index in [0.29, 0.717) is 12.2 Å². The molecule has 2 aromatic rings. The second kappa shape index (κ2) is 5.54. The molecule has 2 nitrogen and oxygen atoms in total. The first-order valence-corrected chi connectivity index (χ1v) is 5.82. The van der Waals surface area contributed by atoms with Crippen LogP contribution in [0.25, 0.3) is 0 Å². The van der Waals surface area contributed by atoms with Crippen LogP contribution in [0.4, 0.5) is 10.1 Å². The Morgan fingerprint density at radius 1 is 1.11 bits per heavy atom. The van der Waals surface area contributed by atoms with Gasteiger partial charge in [-0.05, 0) is 42.3 Å². The van der Waals surface area contributed by atoms with Gasteiger partial charge in [-0.3, -0.25) is 0 Å². The van der Waals surface area contributed by atoms with Gasteiger partial charge >= 0.3 is 0 Å². The van der Waals surface area contributed by atoms with Crippen molar-refractivity contribution in [3.8, 4) is 5.75 Å². The van der Waals surface area contributed by atoms with Crippen LogP contribution in [0.5, 0.6) is 5.75 Å². The fraction of sp³-hybridized carbons (Fsp3) is 0.200. The lowest BCUT2D eigenvalue weighted by Gasteiger charge is -2.08. The summed E-state index contributed by atoms with van der Waals surface area (Å²) >= 11 is 0. The van der Waals surface area contributed by atoms with Crippen LogP contribution < -0.4 is 10.1 Å². The summed E-state index contributed by atoms with van der Waals surface area (Å²) in [4.78, 5) is 0. The van der Waals surface area contributed by atoms with Crippen molar-refractivity contribution in [1.29, 1.82) is 0 Å². The minimum absolute atomic E-state index is 0.219. The van der Waals surface area contributed by atoms with Crippen molar-refractivity contribution in [2.24, 2.45) is 0 Å². The van der Waals surface area contributed by atoms with E-state index in [1.54, 1.807) is 13.2 Å². The predicted molar refractivity (Wildman–Crippen MR) is 71.5 cm³/mol. The molecule has 18 heavy (non-hydrogen) atoms. The Morgan fingerprint density at radius 3 is 2.44 bits per heavy atom. The van der Waals surface area contributed by atoms with Crippen LogP contribution in [0, 0.1) is 12.7 Å². The number of rotatable bonds is 4. The monoisotopic (exact) mass is 245 g/mol. The Kier molecular flexibility index (Phi) is 3.82. The maximum absolute atomic E-state index is 13.6. The molecule has 0 saturated carbocycles. The van der Waals surface area contributed by atoms with E-state index in [0.717, 1.165) is 16.9 Å². The molecule has 0 heterocycles. The second-order valence-electron chi connectivity index (χ2n) is 4.18. The fourth-order valence-corrected chi connectivity index (χ4v) is 1.70. The normalized spacial score (nSPS) is 10.2. The molecular formula is C15H16FNO. The van der Waals surface area contributed by atoms with E-state index in [9.17, 15) is 4.39 Å². The molecule has 0 aliphatic carbocycles. The van der Waals surface area contributed by atoms with E-state index in [2.05, 4.69) is 5.32 Å². The van der Waals surface area contributed by atoms with Crippen molar-refractivity contribution in [2.75, 3.05) is 12.4 Å². The summed E-state index contributed by atoms with van der Waals surface area (Å²) in [5, 5.41) is 3.08. The molecular weight excluding hydrogens is 229 g/mol. The summed E-state index contributed by atoms with van der Waals surface area (Å²) in [6.45, 7) is 2.46. The van der Waals surface area contributed by atoms with E-state index < -0.39 is 0 Å². The lowest BCUT2D eigenvalue weighted by molar-refractivity contribution is 0.414. The number of nitrogens with one attached hydrogen (secondary N) is 1. The van der Waals surface area contributed by atoms with Gasteiger partial charge in [0.2, 0.25) is 0 Å². The molecule has 2 rings (SSSR count). The van der Waals surface area contributed by atoms with Crippen LogP contribution >= 0.6 is 0 Å². The third-order valence-electron chi connectivity index (χ3n) is 2.77. The molecule has 0 unspecified atom stereocenters. The fourth-order valence-electron chi connectivity index (χ4n) is 1.70. The first kappa shape index (κ1) is 12.4. The smallest absolute Gasteiger partial charge is 0.146 e. The van der Waals surface area contributed by atoms with Gasteiger partial charge < -0.3 is 10.1 Å².